The molecule has 0 radical (unpaired) electrons. The lowest BCUT2D eigenvalue weighted by molar-refractivity contribution is 0.541. The molecule has 20 heavy (non-hydrogen) atoms. The number of hydrogen-bond acceptors (Lipinski definition) is 2. The molecule has 1 N–H and O–H groups in total. The van der Waals surface area contributed by atoms with Crippen LogP contribution in [-0.2, 0) is 13.0 Å². The van der Waals surface area contributed by atoms with Gasteiger partial charge in [0.15, 0.2) is 0 Å². The number of nitrogens with one attached hydrogen (secondary N) is 1. The number of benzene rings is 1. The minimum absolute atomic E-state index is 0.214. The smallest absolute Gasteiger partial charge is 0.0847 e. The van der Waals surface area contributed by atoms with E-state index >= 15 is 0 Å². The highest BCUT2D eigenvalue weighted by Crippen LogP contribution is 2.27. The van der Waals surface area contributed by atoms with Crippen LogP contribution in [0.1, 0.15) is 29.9 Å². The fourth-order valence-corrected chi connectivity index (χ4v) is 3.00. The van der Waals surface area contributed by atoms with E-state index in [9.17, 15) is 0 Å². The van der Waals surface area contributed by atoms with Crippen molar-refractivity contribution in [2.75, 3.05) is 7.05 Å². The van der Waals surface area contributed by atoms with Crippen LogP contribution in [0.5, 0.6) is 0 Å². The maximum absolute atomic E-state index is 6.39. The predicted molar refractivity (Wildman–Crippen MR) is 87.3 cm³/mol. The van der Waals surface area contributed by atoms with Crippen molar-refractivity contribution in [3.63, 3.8) is 0 Å². The number of nitrogens with zero attached hydrogens (tertiary/aromatic N) is 2. The normalized spacial score (nSPS) is 12.7. The zero-order valence-corrected chi connectivity index (χ0v) is 14.3. The lowest BCUT2D eigenvalue weighted by Gasteiger charge is -2.18. The molecule has 1 atom stereocenters. The molecule has 3 nitrogen and oxygen atoms in total. The molecule has 0 saturated heterocycles. The van der Waals surface area contributed by atoms with Gasteiger partial charge in [-0.3, -0.25) is 4.68 Å². The minimum atomic E-state index is 0.214. The maximum atomic E-state index is 6.39. The van der Waals surface area contributed by atoms with Crippen molar-refractivity contribution in [1.82, 2.24) is 15.1 Å². The Kier molecular flexibility index (Phi) is 5.24. The zero-order valence-electron chi connectivity index (χ0n) is 12.0. The largest absolute Gasteiger partial charge is 0.313 e. The SMILES string of the molecule is CCn1nc(C)c(Cl)c1CC(NC)c1cccc(Br)c1. The van der Waals surface area contributed by atoms with Gasteiger partial charge in [-0.05, 0) is 38.6 Å². The highest BCUT2D eigenvalue weighted by Gasteiger charge is 2.18. The van der Waals surface area contributed by atoms with Gasteiger partial charge in [-0.25, -0.2) is 0 Å². The Balaban J connectivity index is 2.31. The predicted octanol–water partition coefficient (Wildman–Crippen LogP) is 4.13. The molecule has 0 bridgehead atoms. The number of likely N-dealkylation sites (N-methyl/N-ethyl adjacent to an activating group) is 1. The quantitative estimate of drug-likeness (QED) is 0.873. The van der Waals surface area contributed by atoms with Crippen LogP contribution in [0.3, 0.4) is 0 Å². The summed E-state index contributed by atoms with van der Waals surface area (Å²) in [5.41, 5.74) is 3.22. The number of aryl methyl sites for hydroxylation is 2. The van der Waals surface area contributed by atoms with Gasteiger partial charge in [-0.1, -0.05) is 39.7 Å². The Morgan fingerprint density at radius 2 is 2.20 bits per heavy atom. The van der Waals surface area contributed by atoms with Crippen LogP contribution in [0.4, 0.5) is 0 Å². The summed E-state index contributed by atoms with van der Waals surface area (Å²) >= 11 is 9.91. The summed E-state index contributed by atoms with van der Waals surface area (Å²) in [6.07, 6.45) is 0.820. The highest BCUT2D eigenvalue weighted by molar-refractivity contribution is 9.10. The first-order chi connectivity index (χ1) is 9.56. The molecule has 2 aromatic rings. The number of hydrogen-bond donors (Lipinski definition) is 1. The molecule has 1 unspecified atom stereocenters. The first kappa shape index (κ1) is 15.5. The van der Waals surface area contributed by atoms with E-state index in [0.717, 1.165) is 33.8 Å². The maximum Gasteiger partial charge on any atom is 0.0847 e. The molecule has 0 amide bonds. The molecular formula is C15H19BrClN3. The molecule has 0 saturated carbocycles. The highest BCUT2D eigenvalue weighted by atomic mass is 79.9. The van der Waals surface area contributed by atoms with Gasteiger partial charge in [0.1, 0.15) is 0 Å². The molecule has 0 aliphatic rings. The second kappa shape index (κ2) is 6.74. The summed E-state index contributed by atoms with van der Waals surface area (Å²) < 4.78 is 3.07. The Morgan fingerprint density at radius 3 is 2.80 bits per heavy atom. The van der Waals surface area contributed by atoms with E-state index in [1.165, 1.54) is 5.56 Å². The molecule has 0 aliphatic carbocycles. The average Bonchev–Trinajstić information content (AvgIpc) is 2.71. The topological polar surface area (TPSA) is 29.9 Å². The van der Waals surface area contributed by atoms with Gasteiger partial charge in [-0.15, -0.1) is 0 Å². The van der Waals surface area contributed by atoms with E-state index < -0.39 is 0 Å². The van der Waals surface area contributed by atoms with E-state index in [2.05, 4.69) is 45.4 Å². The van der Waals surface area contributed by atoms with E-state index in [1.54, 1.807) is 0 Å². The van der Waals surface area contributed by atoms with Gasteiger partial charge >= 0.3 is 0 Å². The van der Waals surface area contributed by atoms with Crippen molar-refractivity contribution < 1.29 is 0 Å². The number of halogens is 2. The second-order valence-electron chi connectivity index (χ2n) is 4.76. The summed E-state index contributed by atoms with van der Waals surface area (Å²) in [5.74, 6) is 0. The van der Waals surface area contributed by atoms with Crippen LogP contribution in [0, 0.1) is 6.92 Å². The van der Waals surface area contributed by atoms with Gasteiger partial charge < -0.3 is 5.32 Å². The fraction of sp³-hybridized carbons (Fsp3) is 0.400. The monoisotopic (exact) mass is 355 g/mol. The van der Waals surface area contributed by atoms with Crippen LogP contribution in [0.25, 0.3) is 0 Å². The van der Waals surface area contributed by atoms with Crippen molar-refractivity contribution in [2.45, 2.75) is 32.9 Å². The molecule has 1 heterocycles. The lowest BCUT2D eigenvalue weighted by Crippen LogP contribution is -2.20. The van der Waals surface area contributed by atoms with Crippen molar-refractivity contribution in [3.05, 3.63) is 50.7 Å². The Labute approximate surface area is 133 Å². The number of rotatable bonds is 5. The molecule has 108 valence electrons. The Morgan fingerprint density at radius 1 is 1.45 bits per heavy atom. The molecule has 2 rings (SSSR count). The van der Waals surface area contributed by atoms with E-state index in [4.69, 9.17) is 11.6 Å². The fourth-order valence-electron chi connectivity index (χ4n) is 2.37. The molecular weight excluding hydrogens is 338 g/mol. The van der Waals surface area contributed by atoms with Crippen molar-refractivity contribution in [2.24, 2.45) is 0 Å². The summed E-state index contributed by atoms with van der Waals surface area (Å²) in [4.78, 5) is 0. The first-order valence-electron chi connectivity index (χ1n) is 6.71. The van der Waals surface area contributed by atoms with Gasteiger partial charge in [0.25, 0.3) is 0 Å². The molecule has 0 aliphatic heterocycles. The van der Waals surface area contributed by atoms with Gasteiger partial charge in [0.05, 0.1) is 16.4 Å². The summed E-state index contributed by atoms with van der Waals surface area (Å²) in [7, 11) is 1.97. The van der Waals surface area contributed by atoms with Crippen LogP contribution >= 0.6 is 27.5 Å². The van der Waals surface area contributed by atoms with E-state index in [1.807, 2.05) is 30.8 Å². The van der Waals surface area contributed by atoms with Crippen LogP contribution < -0.4 is 5.32 Å². The summed E-state index contributed by atoms with van der Waals surface area (Å²) in [6.45, 7) is 4.86. The first-order valence-corrected chi connectivity index (χ1v) is 7.88. The van der Waals surface area contributed by atoms with Crippen molar-refractivity contribution in [3.8, 4) is 0 Å². The zero-order chi connectivity index (χ0) is 14.7. The second-order valence-corrected chi connectivity index (χ2v) is 6.06. The average molecular weight is 357 g/mol. The third kappa shape index (κ3) is 3.25. The van der Waals surface area contributed by atoms with Crippen molar-refractivity contribution >= 4 is 27.5 Å². The molecule has 0 fully saturated rings. The third-order valence-corrected chi connectivity index (χ3v) is 4.43. The standard InChI is InChI=1S/C15H19BrClN3/c1-4-20-14(15(17)10(2)19-20)9-13(18-3)11-6-5-7-12(16)8-11/h5-8,13,18H,4,9H2,1-3H3. The summed E-state index contributed by atoms with van der Waals surface area (Å²) in [5, 5.41) is 8.62. The molecule has 1 aromatic heterocycles. The van der Waals surface area contributed by atoms with E-state index in [0.29, 0.717) is 0 Å². The molecule has 5 heteroatoms. The third-order valence-electron chi connectivity index (χ3n) is 3.45. The van der Waals surface area contributed by atoms with Crippen molar-refractivity contribution in [1.29, 1.82) is 0 Å². The number of aromatic nitrogens is 2. The lowest BCUT2D eigenvalue weighted by atomic mass is 10.0. The van der Waals surface area contributed by atoms with Crippen LogP contribution in [-0.4, -0.2) is 16.8 Å². The Bertz CT molecular complexity index is 595. The van der Waals surface area contributed by atoms with E-state index in [-0.39, 0.29) is 6.04 Å². The molecule has 1 aromatic carbocycles. The Hall–Kier alpha value is -0.840. The van der Waals surface area contributed by atoms with Crippen LogP contribution in [0.2, 0.25) is 5.02 Å². The molecule has 0 spiro atoms. The van der Waals surface area contributed by atoms with Crippen LogP contribution in [0.15, 0.2) is 28.7 Å². The van der Waals surface area contributed by atoms with Gasteiger partial charge in [-0.2, -0.15) is 5.10 Å². The van der Waals surface area contributed by atoms with Gasteiger partial charge in [0.2, 0.25) is 0 Å². The minimum Gasteiger partial charge on any atom is -0.313 e. The van der Waals surface area contributed by atoms with Gasteiger partial charge in [0, 0.05) is 23.5 Å². The summed E-state index contributed by atoms with van der Waals surface area (Å²) in [6, 6.07) is 8.55.